The van der Waals surface area contributed by atoms with Crippen LogP contribution in [0.15, 0.2) is 60.9 Å². The van der Waals surface area contributed by atoms with E-state index in [1.807, 2.05) is 54.6 Å². The molecule has 1 aromatic heterocycles. The van der Waals surface area contributed by atoms with Gasteiger partial charge in [-0.15, -0.1) is 0 Å². The molecule has 30 heavy (non-hydrogen) atoms. The molecule has 1 aliphatic carbocycles. The van der Waals surface area contributed by atoms with Gasteiger partial charge in [-0.1, -0.05) is 25.0 Å². The first-order valence-corrected chi connectivity index (χ1v) is 10.1. The summed E-state index contributed by atoms with van der Waals surface area (Å²) in [4.78, 5) is 21.1. The molecule has 7 nitrogen and oxygen atoms in total. The lowest BCUT2D eigenvalue weighted by atomic mass is 10.1. The fourth-order valence-corrected chi connectivity index (χ4v) is 3.57. The lowest BCUT2D eigenvalue weighted by molar-refractivity contribution is 0.0938. The Labute approximate surface area is 175 Å². The third kappa shape index (κ3) is 5.05. The molecule has 0 spiro atoms. The Morgan fingerprint density at radius 3 is 2.30 bits per heavy atom. The summed E-state index contributed by atoms with van der Waals surface area (Å²) in [5.41, 5.74) is 2.29. The van der Waals surface area contributed by atoms with E-state index in [1.165, 1.54) is 19.2 Å². The number of hydrogen-bond donors (Lipinski definition) is 3. The normalized spacial score (nSPS) is 13.6. The van der Waals surface area contributed by atoms with Crippen LogP contribution in [0.25, 0.3) is 0 Å². The van der Waals surface area contributed by atoms with E-state index in [-0.39, 0.29) is 5.91 Å². The molecule has 0 bridgehead atoms. The quantitative estimate of drug-likeness (QED) is 0.532. The van der Waals surface area contributed by atoms with E-state index >= 15 is 0 Å². The zero-order valence-electron chi connectivity index (χ0n) is 16.9. The maximum absolute atomic E-state index is 12.5. The summed E-state index contributed by atoms with van der Waals surface area (Å²) in [6.07, 6.45) is 5.99. The number of nitrogens with one attached hydrogen (secondary N) is 3. The highest BCUT2D eigenvalue weighted by atomic mass is 16.5. The van der Waals surface area contributed by atoms with Gasteiger partial charge in [0.15, 0.2) is 0 Å². The van der Waals surface area contributed by atoms with Crippen LogP contribution in [0.4, 0.5) is 23.0 Å². The van der Waals surface area contributed by atoms with Gasteiger partial charge in [0.2, 0.25) is 0 Å². The van der Waals surface area contributed by atoms with E-state index in [0.717, 1.165) is 30.0 Å². The van der Waals surface area contributed by atoms with E-state index in [0.29, 0.717) is 23.2 Å². The Kier molecular flexibility index (Phi) is 6.08. The molecule has 2 aromatic carbocycles. The predicted octanol–water partition coefficient (Wildman–Crippen LogP) is 4.64. The number of benzene rings is 2. The van der Waals surface area contributed by atoms with E-state index in [9.17, 15) is 4.79 Å². The summed E-state index contributed by atoms with van der Waals surface area (Å²) in [6.45, 7) is 0. The van der Waals surface area contributed by atoms with Gasteiger partial charge in [-0.3, -0.25) is 4.79 Å². The van der Waals surface area contributed by atoms with Gasteiger partial charge in [0.1, 0.15) is 23.7 Å². The van der Waals surface area contributed by atoms with Crippen LogP contribution in [0, 0.1) is 0 Å². The average molecular weight is 403 g/mol. The summed E-state index contributed by atoms with van der Waals surface area (Å²) < 4.78 is 5.25. The molecule has 1 amide bonds. The van der Waals surface area contributed by atoms with Crippen LogP contribution >= 0.6 is 0 Å². The molecule has 7 heteroatoms. The van der Waals surface area contributed by atoms with Crippen LogP contribution in [-0.2, 0) is 0 Å². The lowest BCUT2D eigenvalue weighted by Gasteiger charge is -2.13. The molecular weight excluding hydrogens is 378 g/mol. The van der Waals surface area contributed by atoms with Crippen LogP contribution in [0.2, 0.25) is 0 Å². The standard InChI is InChI=1S/C23H25N5O2/c1-30-20-11-5-10-19(13-20)27-22-14-21(24-15-25-22)26-18-9-4-6-16(12-18)23(29)28-17-7-2-3-8-17/h4-6,9-15,17H,2-3,7-8H2,1H3,(H,28,29)(H2,24,25,26,27). The van der Waals surface area contributed by atoms with Crippen molar-refractivity contribution in [3.05, 3.63) is 66.5 Å². The van der Waals surface area contributed by atoms with E-state index in [2.05, 4.69) is 25.9 Å². The second kappa shape index (κ2) is 9.26. The Morgan fingerprint density at radius 2 is 1.60 bits per heavy atom. The fraction of sp³-hybridized carbons (Fsp3) is 0.261. The number of hydrogen-bond acceptors (Lipinski definition) is 6. The average Bonchev–Trinajstić information content (AvgIpc) is 3.27. The summed E-state index contributed by atoms with van der Waals surface area (Å²) in [6, 6.07) is 17.1. The van der Waals surface area contributed by atoms with Crippen molar-refractivity contribution in [1.82, 2.24) is 15.3 Å². The van der Waals surface area contributed by atoms with Gasteiger partial charge in [-0.25, -0.2) is 9.97 Å². The van der Waals surface area contributed by atoms with Crippen molar-refractivity contribution in [3.63, 3.8) is 0 Å². The van der Waals surface area contributed by atoms with Crippen LogP contribution < -0.4 is 20.7 Å². The molecule has 1 aliphatic rings. The third-order valence-electron chi connectivity index (χ3n) is 5.10. The fourth-order valence-electron chi connectivity index (χ4n) is 3.57. The van der Waals surface area contributed by atoms with E-state index in [1.54, 1.807) is 7.11 Å². The Hall–Kier alpha value is -3.61. The second-order valence-electron chi connectivity index (χ2n) is 7.31. The molecule has 0 unspecified atom stereocenters. The van der Waals surface area contributed by atoms with Crippen molar-refractivity contribution < 1.29 is 9.53 Å². The van der Waals surface area contributed by atoms with Gasteiger partial charge in [0, 0.05) is 35.1 Å². The summed E-state index contributed by atoms with van der Waals surface area (Å²) in [5.74, 6) is 2.01. The maximum atomic E-state index is 12.5. The van der Waals surface area contributed by atoms with Crippen molar-refractivity contribution in [2.24, 2.45) is 0 Å². The van der Waals surface area contributed by atoms with Crippen LogP contribution in [0.5, 0.6) is 5.75 Å². The number of methoxy groups -OCH3 is 1. The van der Waals surface area contributed by atoms with Crippen LogP contribution in [0.1, 0.15) is 36.0 Å². The Bertz CT molecular complexity index is 1020. The minimum atomic E-state index is -0.0337. The number of carbonyl (C=O) groups is 1. The van der Waals surface area contributed by atoms with E-state index in [4.69, 9.17) is 4.74 Å². The highest BCUT2D eigenvalue weighted by Crippen LogP contribution is 2.23. The van der Waals surface area contributed by atoms with E-state index < -0.39 is 0 Å². The Morgan fingerprint density at radius 1 is 0.933 bits per heavy atom. The number of nitrogens with zero attached hydrogens (tertiary/aromatic N) is 2. The molecule has 154 valence electrons. The minimum Gasteiger partial charge on any atom is -0.497 e. The number of rotatable bonds is 7. The maximum Gasteiger partial charge on any atom is 0.251 e. The van der Waals surface area contributed by atoms with Gasteiger partial charge in [0.05, 0.1) is 7.11 Å². The first kappa shape index (κ1) is 19.7. The van der Waals surface area contributed by atoms with Gasteiger partial charge >= 0.3 is 0 Å². The topological polar surface area (TPSA) is 88.2 Å². The van der Waals surface area contributed by atoms with Gasteiger partial charge in [-0.2, -0.15) is 0 Å². The molecule has 0 saturated heterocycles. The number of anilines is 4. The van der Waals surface area contributed by atoms with Crippen molar-refractivity contribution in [3.8, 4) is 5.75 Å². The highest BCUT2D eigenvalue weighted by Gasteiger charge is 2.18. The zero-order valence-corrected chi connectivity index (χ0v) is 16.9. The molecule has 1 fully saturated rings. The summed E-state index contributed by atoms with van der Waals surface area (Å²) in [7, 11) is 1.63. The van der Waals surface area contributed by atoms with Crippen molar-refractivity contribution in [2.75, 3.05) is 17.7 Å². The highest BCUT2D eigenvalue weighted by molar-refractivity contribution is 5.95. The van der Waals surface area contributed by atoms with Crippen molar-refractivity contribution in [1.29, 1.82) is 0 Å². The molecule has 3 aromatic rings. The van der Waals surface area contributed by atoms with Crippen LogP contribution in [0.3, 0.4) is 0 Å². The monoisotopic (exact) mass is 403 g/mol. The molecule has 0 radical (unpaired) electrons. The largest absolute Gasteiger partial charge is 0.497 e. The number of carbonyl (C=O) groups excluding carboxylic acids is 1. The summed E-state index contributed by atoms with van der Waals surface area (Å²) in [5, 5.41) is 9.60. The number of ether oxygens (including phenoxy) is 1. The minimum absolute atomic E-state index is 0.0337. The predicted molar refractivity (Wildman–Crippen MR) is 118 cm³/mol. The number of aromatic nitrogens is 2. The molecule has 4 rings (SSSR count). The molecular formula is C23H25N5O2. The molecule has 0 aliphatic heterocycles. The Balaban J connectivity index is 1.44. The number of amides is 1. The van der Waals surface area contributed by atoms with Gasteiger partial charge in [0.25, 0.3) is 5.91 Å². The first-order valence-electron chi connectivity index (χ1n) is 10.1. The second-order valence-corrected chi connectivity index (χ2v) is 7.31. The molecule has 1 heterocycles. The first-order chi connectivity index (χ1) is 14.7. The van der Waals surface area contributed by atoms with Crippen molar-refractivity contribution >= 4 is 28.9 Å². The molecule has 3 N–H and O–H groups in total. The van der Waals surface area contributed by atoms with Crippen molar-refractivity contribution in [2.45, 2.75) is 31.7 Å². The third-order valence-corrected chi connectivity index (χ3v) is 5.10. The van der Waals surface area contributed by atoms with Gasteiger partial charge in [-0.05, 0) is 43.2 Å². The molecule has 0 atom stereocenters. The van der Waals surface area contributed by atoms with Gasteiger partial charge < -0.3 is 20.7 Å². The SMILES string of the molecule is COc1cccc(Nc2cc(Nc3cccc(C(=O)NC4CCCC4)c3)ncn2)c1. The summed E-state index contributed by atoms with van der Waals surface area (Å²) >= 11 is 0. The lowest BCUT2D eigenvalue weighted by Crippen LogP contribution is -2.32. The smallest absolute Gasteiger partial charge is 0.251 e. The zero-order chi connectivity index (χ0) is 20.8. The molecule has 1 saturated carbocycles. The van der Waals surface area contributed by atoms with Crippen LogP contribution in [-0.4, -0.2) is 29.0 Å².